The van der Waals surface area contributed by atoms with E-state index in [0.717, 1.165) is 15.7 Å². The van der Waals surface area contributed by atoms with Crippen LogP contribution < -0.4 is 10.6 Å². The Hall–Kier alpha value is -0.710. The zero-order chi connectivity index (χ0) is 13.4. The summed E-state index contributed by atoms with van der Waals surface area (Å²) in [7, 11) is 1.88. The Balaban J connectivity index is 2.22. The third-order valence-corrected chi connectivity index (χ3v) is 4.04. The lowest BCUT2D eigenvalue weighted by molar-refractivity contribution is -0.120. The molecule has 3 nitrogen and oxygen atoms in total. The number of thioether (sulfide) groups is 1. The first-order valence-corrected chi connectivity index (χ1v) is 7.31. The van der Waals surface area contributed by atoms with E-state index >= 15 is 0 Å². The molecular formula is C13H19ClN2OS. The van der Waals surface area contributed by atoms with Gasteiger partial charge in [0.25, 0.3) is 0 Å². The standard InChI is InChI=1S/C13H19ClN2OS/c1-10(15-2)9-16-13(17)7-8-18-12-6-4-3-5-11(12)14/h3-6,10,15H,7-9H2,1-2H3,(H,16,17). The van der Waals surface area contributed by atoms with Crippen LogP contribution in [0.3, 0.4) is 0 Å². The van der Waals surface area contributed by atoms with Gasteiger partial charge in [-0.3, -0.25) is 4.79 Å². The van der Waals surface area contributed by atoms with Gasteiger partial charge in [-0.15, -0.1) is 11.8 Å². The maximum absolute atomic E-state index is 11.6. The first kappa shape index (κ1) is 15.3. The Kier molecular flexibility index (Phi) is 7.16. The van der Waals surface area contributed by atoms with Crippen molar-refractivity contribution in [1.82, 2.24) is 10.6 Å². The predicted molar refractivity (Wildman–Crippen MR) is 78.3 cm³/mol. The molecule has 0 aromatic heterocycles. The van der Waals surface area contributed by atoms with Gasteiger partial charge in [0, 0.05) is 29.7 Å². The van der Waals surface area contributed by atoms with Gasteiger partial charge in [0.15, 0.2) is 0 Å². The van der Waals surface area contributed by atoms with Gasteiger partial charge in [0.1, 0.15) is 0 Å². The highest BCUT2D eigenvalue weighted by atomic mass is 35.5. The molecule has 1 amide bonds. The van der Waals surface area contributed by atoms with E-state index in [0.29, 0.717) is 19.0 Å². The number of likely N-dealkylation sites (N-methyl/N-ethyl adjacent to an activating group) is 1. The van der Waals surface area contributed by atoms with Gasteiger partial charge < -0.3 is 10.6 Å². The second-order valence-electron chi connectivity index (χ2n) is 4.02. The van der Waals surface area contributed by atoms with E-state index in [1.165, 1.54) is 0 Å². The Morgan fingerprint density at radius 2 is 2.17 bits per heavy atom. The van der Waals surface area contributed by atoms with E-state index in [4.69, 9.17) is 11.6 Å². The molecule has 0 saturated heterocycles. The number of amides is 1. The largest absolute Gasteiger partial charge is 0.355 e. The summed E-state index contributed by atoms with van der Waals surface area (Å²) >= 11 is 7.64. The van der Waals surface area contributed by atoms with E-state index in [1.54, 1.807) is 11.8 Å². The summed E-state index contributed by atoms with van der Waals surface area (Å²) in [6.07, 6.45) is 0.506. The predicted octanol–water partition coefficient (Wildman–Crippen LogP) is 2.55. The highest BCUT2D eigenvalue weighted by Gasteiger charge is 2.05. The lowest BCUT2D eigenvalue weighted by Crippen LogP contribution is -2.37. The molecule has 1 unspecified atom stereocenters. The summed E-state index contributed by atoms with van der Waals surface area (Å²) < 4.78 is 0. The second-order valence-corrected chi connectivity index (χ2v) is 5.57. The normalized spacial score (nSPS) is 12.2. The lowest BCUT2D eigenvalue weighted by atomic mass is 10.3. The number of benzene rings is 1. The van der Waals surface area contributed by atoms with Crippen LogP contribution in [-0.4, -0.2) is 31.3 Å². The first-order valence-electron chi connectivity index (χ1n) is 5.94. The monoisotopic (exact) mass is 286 g/mol. The smallest absolute Gasteiger partial charge is 0.220 e. The van der Waals surface area contributed by atoms with Crippen LogP contribution in [0.15, 0.2) is 29.2 Å². The zero-order valence-corrected chi connectivity index (χ0v) is 12.3. The molecule has 0 bridgehead atoms. The number of hydrogen-bond donors (Lipinski definition) is 2. The molecule has 1 atom stereocenters. The van der Waals surface area contributed by atoms with Crippen LogP contribution in [0.1, 0.15) is 13.3 Å². The van der Waals surface area contributed by atoms with Crippen LogP contribution in [0.2, 0.25) is 5.02 Å². The summed E-state index contributed by atoms with van der Waals surface area (Å²) in [6.45, 7) is 2.69. The van der Waals surface area contributed by atoms with Crippen LogP contribution in [-0.2, 0) is 4.79 Å². The topological polar surface area (TPSA) is 41.1 Å². The summed E-state index contributed by atoms with van der Waals surface area (Å²) in [5.41, 5.74) is 0. The number of carbonyl (C=O) groups excluding carboxylic acids is 1. The van der Waals surface area contributed by atoms with Crippen LogP contribution in [0, 0.1) is 0 Å². The van der Waals surface area contributed by atoms with Crippen molar-refractivity contribution in [2.75, 3.05) is 19.3 Å². The number of nitrogens with one attached hydrogen (secondary N) is 2. The number of halogens is 1. The van der Waals surface area contributed by atoms with Gasteiger partial charge in [-0.2, -0.15) is 0 Å². The molecular weight excluding hydrogens is 268 g/mol. The van der Waals surface area contributed by atoms with Crippen molar-refractivity contribution in [3.8, 4) is 0 Å². The van der Waals surface area contributed by atoms with Gasteiger partial charge in [0.2, 0.25) is 5.91 Å². The second kappa shape index (κ2) is 8.40. The maximum atomic E-state index is 11.6. The fraction of sp³-hybridized carbons (Fsp3) is 0.462. The minimum absolute atomic E-state index is 0.0802. The zero-order valence-electron chi connectivity index (χ0n) is 10.7. The molecule has 0 aliphatic carbocycles. The molecule has 0 radical (unpaired) electrons. The molecule has 5 heteroatoms. The highest BCUT2D eigenvalue weighted by Crippen LogP contribution is 2.26. The van der Waals surface area contributed by atoms with Crippen molar-refractivity contribution in [1.29, 1.82) is 0 Å². The average Bonchev–Trinajstić information content (AvgIpc) is 2.38. The molecule has 0 fully saturated rings. The maximum Gasteiger partial charge on any atom is 0.220 e. The molecule has 0 aliphatic heterocycles. The minimum Gasteiger partial charge on any atom is -0.355 e. The van der Waals surface area contributed by atoms with E-state index in [9.17, 15) is 4.79 Å². The van der Waals surface area contributed by atoms with Gasteiger partial charge in [0.05, 0.1) is 5.02 Å². The molecule has 0 heterocycles. The fourth-order valence-corrected chi connectivity index (χ4v) is 2.46. The minimum atomic E-state index is 0.0802. The molecule has 0 aliphatic rings. The van der Waals surface area contributed by atoms with Crippen molar-refractivity contribution in [3.63, 3.8) is 0 Å². The third-order valence-electron chi connectivity index (χ3n) is 2.52. The Morgan fingerprint density at radius 1 is 1.44 bits per heavy atom. The lowest BCUT2D eigenvalue weighted by Gasteiger charge is -2.11. The summed E-state index contributed by atoms with van der Waals surface area (Å²) in [4.78, 5) is 12.6. The van der Waals surface area contributed by atoms with Gasteiger partial charge in [-0.25, -0.2) is 0 Å². The molecule has 0 spiro atoms. The molecule has 1 aromatic carbocycles. The van der Waals surface area contributed by atoms with Crippen molar-refractivity contribution in [2.45, 2.75) is 24.3 Å². The Bertz CT molecular complexity index is 387. The van der Waals surface area contributed by atoms with Crippen molar-refractivity contribution in [3.05, 3.63) is 29.3 Å². The van der Waals surface area contributed by atoms with Crippen LogP contribution in [0.25, 0.3) is 0 Å². The third kappa shape index (κ3) is 5.76. The fourth-order valence-electron chi connectivity index (χ4n) is 1.27. The number of rotatable bonds is 7. The molecule has 1 rings (SSSR count). The molecule has 100 valence electrons. The summed E-state index contributed by atoms with van der Waals surface area (Å²) in [5, 5.41) is 6.70. The quantitative estimate of drug-likeness (QED) is 0.757. The Labute approximate surface area is 118 Å². The van der Waals surface area contributed by atoms with Crippen molar-refractivity contribution < 1.29 is 4.79 Å². The molecule has 2 N–H and O–H groups in total. The van der Waals surface area contributed by atoms with E-state index in [2.05, 4.69) is 10.6 Å². The average molecular weight is 287 g/mol. The van der Waals surface area contributed by atoms with E-state index in [-0.39, 0.29) is 5.91 Å². The van der Waals surface area contributed by atoms with E-state index in [1.807, 2.05) is 38.2 Å². The van der Waals surface area contributed by atoms with Crippen LogP contribution in [0.5, 0.6) is 0 Å². The van der Waals surface area contributed by atoms with Crippen LogP contribution in [0.4, 0.5) is 0 Å². The van der Waals surface area contributed by atoms with Crippen molar-refractivity contribution >= 4 is 29.3 Å². The molecule has 0 saturated carbocycles. The van der Waals surface area contributed by atoms with Crippen LogP contribution >= 0.6 is 23.4 Å². The van der Waals surface area contributed by atoms with Crippen molar-refractivity contribution in [2.24, 2.45) is 0 Å². The molecule has 18 heavy (non-hydrogen) atoms. The first-order chi connectivity index (χ1) is 8.63. The summed E-state index contributed by atoms with van der Waals surface area (Å²) in [6, 6.07) is 7.97. The highest BCUT2D eigenvalue weighted by molar-refractivity contribution is 7.99. The molecule has 1 aromatic rings. The number of hydrogen-bond acceptors (Lipinski definition) is 3. The van der Waals surface area contributed by atoms with Gasteiger partial charge in [-0.05, 0) is 26.1 Å². The van der Waals surface area contributed by atoms with E-state index < -0.39 is 0 Å². The van der Waals surface area contributed by atoms with Gasteiger partial charge >= 0.3 is 0 Å². The van der Waals surface area contributed by atoms with Gasteiger partial charge in [-0.1, -0.05) is 23.7 Å². The SMILES string of the molecule is CNC(C)CNC(=O)CCSc1ccccc1Cl. The summed E-state index contributed by atoms with van der Waals surface area (Å²) in [5.74, 6) is 0.820. The Morgan fingerprint density at radius 3 is 2.83 bits per heavy atom. The number of carbonyl (C=O) groups is 1.